The number of aromatic nitrogens is 1. The maximum absolute atomic E-state index is 14.3. The van der Waals surface area contributed by atoms with E-state index in [2.05, 4.69) is 28.0 Å². The normalized spacial score (nSPS) is 11.6. The second-order valence-electron chi connectivity index (χ2n) is 9.42. The Morgan fingerprint density at radius 1 is 0.816 bits per heavy atom. The summed E-state index contributed by atoms with van der Waals surface area (Å²) >= 11 is 1.58. The van der Waals surface area contributed by atoms with Crippen LogP contribution in [0, 0.1) is 10.1 Å². The largest absolute Gasteiger partial charge is 0.307 e. The highest BCUT2D eigenvalue weighted by atomic mass is 32.1. The van der Waals surface area contributed by atoms with Crippen molar-refractivity contribution in [2.24, 2.45) is 0 Å². The van der Waals surface area contributed by atoms with Crippen molar-refractivity contribution in [2.45, 2.75) is 6.42 Å². The summed E-state index contributed by atoms with van der Waals surface area (Å²) in [5.74, 6) is 0. The molecule has 0 fully saturated rings. The zero-order chi connectivity index (χ0) is 25.8. The van der Waals surface area contributed by atoms with Crippen LogP contribution in [0.15, 0.2) is 113 Å². The zero-order valence-corrected chi connectivity index (χ0v) is 20.9. The van der Waals surface area contributed by atoms with Crippen LogP contribution in [0.25, 0.3) is 49.6 Å². The van der Waals surface area contributed by atoms with Crippen LogP contribution in [0.2, 0.25) is 0 Å². The van der Waals surface area contributed by atoms with Crippen molar-refractivity contribution < 1.29 is 4.92 Å². The number of fused-ring (bicyclic) bond motifs is 2. The molecule has 0 saturated carbocycles. The molecule has 0 aliphatic rings. The van der Waals surface area contributed by atoms with Gasteiger partial charge in [-0.05, 0) is 69.2 Å². The lowest BCUT2D eigenvalue weighted by atomic mass is 9.96. The number of nitro groups is 1. The monoisotopic (exact) mass is 512 g/mol. The van der Waals surface area contributed by atoms with E-state index in [0.29, 0.717) is 11.8 Å². The van der Waals surface area contributed by atoms with Crippen LogP contribution in [0.4, 0.5) is 5.69 Å². The van der Waals surface area contributed by atoms with Crippen molar-refractivity contribution in [2.75, 3.05) is 0 Å². The Morgan fingerprint density at radius 3 is 2.32 bits per heavy atom. The SMILES string of the molecule is O=c1c(Cc2ccccc2)cc2cc3ccccc3n3c(-c4ccc([N+](=O)[O-])cc4)c(-c4ccsc4)c1c23. The smallest absolute Gasteiger partial charge is 0.269 e. The van der Waals surface area contributed by atoms with Crippen molar-refractivity contribution in [3.05, 3.63) is 139 Å². The van der Waals surface area contributed by atoms with E-state index in [1.165, 1.54) is 12.1 Å². The first-order valence-electron chi connectivity index (χ1n) is 12.3. The maximum atomic E-state index is 14.3. The molecule has 7 rings (SSSR count). The van der Waals surface area contributed by atoms with E-state index in [1.54, 1.807) is 23.5 Å². The van der Waals surface area contributed by atoms with E-state index in [-0.39, 0.29) is 11.1 Å². The molecule has 38 heavy (non-hydrogen) atoms. The van der Waals surface area contributed by atoms with Gasteiger partial charge in [-0.15, -0.1) is 0 Å². The van der Waals surface area contributed by atoms with Gasteiger partial charge in [0.05, 0.1) is 27.0 Å². The fraction of sp³-hybridized carbons (Fsp3) is 0.0312. The third-order valence-corrected chi connectivity index (χ3v) is 7.86. The summed E-state index contributed by atoms with van der Waals surface area (Å²) < 4.78 is 2.17. The number of thiophene rings is 1. The van der Waals surface area contributed by atoms with Gasteiger partial charge in [-0.3, -0.25) is 14.9 Å². The number of benzene rings is 4. The molecule has 4 aromatic carbocycles. The van der Waals surface area contributed by atoms with Crippen molar-refractivity contribution in [3.63, 3.8) is 0 Å². The van der Waals surface area contributed by atoms with E-state index in [4.69, 9.17) is 0 Å². The van der Waals surface area contributed by atoms with Gasteiger partial charge in [-0.2, -0.15) is 11.3 Å². The molecule has 0 atom stereocenters. The number of rotatable bonds is 5. The quantitative estimate of drug-likeness (QED) is 0.134. The fourth-order valence-corrected chi connectivity index (χ4v) is 6.18. The molecule has 6 heteroatoms. The summed E-state index contributed by atoms with van der Waals surface area (Å²) in [4.78, 5) is 25.3. The molecule has 7 aromatic rings. The Bertz CT molecular complexity index is 2030. The van der Waals surface area contributed by atoms with Gasteiger partial charge in [0.15, 0.2) is 5.43 Å². The van der Waals surface area contributed by atoms with Gasteiger partial charge < -0.3 is 4.40 Å². The van der Waals surface area contributed by atoms with Gasteiger partial charge in [0.1, 0.15) is 0 Å². The number of nitro benzene ring substituents is 1. The van der Waals surface area contributed by atoms with Crippen molar-refractivity contribution in [1.82, 2.24) is 4.40 Å². The Balaban J connectivity index is 1.66. The minimum atomic E-state index is -0.393. The van der Waals surface area contributed by atoms with Gasteiger partial charge >= 0.3 is 0 Å². The highest BCUT2D eigenvalue weighted by Gasteiger charge is 2.25. The summed E-state index contributed by atoms with van der Waals surface area (Å²) in [6, 6.07) is 31.0. The minimum Gasteiger partial charge on any atom is -0.307 e. The summed E-state index contributed by atoms with van der Waals surface area (Å²) in [6.45, 7) is 0. The molecule has 0 amide bonds. The summed E-state index contributed by atoms with van der Waals surface area (Å²) in [5, 5.41) is 18.2. The molecule has 0 N–H and O–H groups in total. The van der Waals surface area contributed by atoms with Gasteiger partial charge in [-0.25, -0.2) is 0 Å². The molecule has 182 valence electrons. The first-order valence-corrected chi connectivity index (χ1v) is 13.2. The first kappa shape index (κ1) is 22.4. The number of hydrogen-bond acceptors (Lipinski definition) is 4. The van der Waals surface area contributed by atoms with Crippen LogP contribution in [0.1, 0.15) is 11.1 Å². The molecule has 0 radical (unpaired) electrons. The van der Waals surface area contributed by atoms with Crippen LogP contribution >= 0.6 is 11.3 Å². The molecule has 0 saturated heterocycles. The van der Waals surface area contributed by atoms with Gasteiger partial charge in [0.2, 0.25) is 0 Å². The lowest BCUT2D eigenvalue weighted by Crippen LogP contribution is -2.10. The second-order valence-corrected chi connectivity index (χ2v) is 10.2. The molecular weight excluding hydrogens is 492 g/mol. The molecule has 5 nitrogen and oxygen atoms in total. The van der Waals surface area contributed by atoms with E-state index < -0.39 is 4.92 Å². The van der Waals surface area contributed by atoms with Gasteiger partial charge in [0.25, 0.3) is 5.69 Å². The Labute approximate surface area is 221 Å². The van der Waals surface area contributed by atoms with Crippen LogP contribution in [0.5, 0.6) is 0 Å². The van der Waals surface area contributed by atoms with Crippen LogP contribution in [0.3, 0.4) is 0 Å². The molecular formula is C32H20N2O3S. The number of nitrogens with zero attached hydrogens (tertiary/aromatic N) is 2. The Morgan fingerprint density at radius 2 is 1.58 bits per heavy atom. The van der Waals surface area contributed by atoms with Gasteiger partial charge in [-0.1, -0.05) is 48.5 Å². The summed E-state index contributed by atoms with van der Waals surface area (Å²) in [5.41, 5.74) is 7.25. The van der Waals surface area contributed by atoms with E-state index >= 15 is 0 Å². The first-order chi connectivity index (χ1) is 18.6. The van der Waals surface area contributed by atoms with Crippen LogP contribution < -0.4 is 5.43 Å². The van der Waals surface area contributed by atoms with E-state index in [0.717, 1.165) is 55.3 Å². The van der Waals surface area contributed by atoms with Crippen LogP contribution in [-0.2, 0) is 6.42 Å². The standard InChI is InChI=1S/C32H20N2O3S/c35-32-25(16-20-6-2-1-3-7-20)18-24-17-22-8-4-5-9-27(22)33-30(21-10-12-26(13-11-21)34(36)37)28(29(32)31(24)33)23-14-15-38-19-23/h1-15,17-19H,16H2. The number of para-hydroxylation sites is 1. The third kappa shape index (κ3) is 3.42. The van der Waals surface area contributed by atoms with Crippen LogP contribution in [-0.4, -0.2) is 9.32 Å². The molecule has 0 bridgehead atoms. The molecule has 0 unspecified atom stereocenters. The highest BCUT2D eigenvalue weighted by molar-refractivity contribution is 7.08. The number of pyridine rings is 1. The highest BCUT2D eigenvalue weighted by Crippen LogP contribution is 2.44. The Kier molecular flexibility index (Phi) is 5.09. The zero-order valence-electron chi connectivity index (χ0n) is 20.1. The Hall–Kier alpha value is -4.81. The average Bonchev–Trinajstić information content (AvgIpc) is 3.59. The van der Waals surface area contributed by atoms with E-state index in [1.807, 2.05) is 60.0 Å². The lowest BCUT2D eigenvalue weighted by Gasteiger charge is -2.11. The summed E-state index contributed by atoms with van der Waals surface area (Å²) in [6.07, 6.45) is 0.541. The predicted octanol–water partition coefficient (Wildman–Crippen LogP) is 7.94. The number of non-ortho nitro benzene ring substituents is 1. The van der Waals surface area contributed by atoms with Crippen molar-refractivity contribution in [3.8, 4) is 22.4 Å². The predicted molar refractivity (Wildman–Crippen MR) is 155 cm³/mol. The molecule has 3 aromatic heterocycles. The minimum absolute atomic E-state index is 0.0171. The molecule has 0 aliphatic carbocycles. The summed E-state index contributed by atoms with van der Waals surface area (Å²) in [7, 11) is 0. The third-order valence-electron chi connectivity index (χ3n) is 7.18. The number of hydrogen-bond donors (Lipinski definition) is 0. The molecule has 0 aliphatic heterocycles. The molecule has 3 heterocycles. The van der Waals surface area contributed by atoms with Crippen molar-refractivity contribution >= 4 is 44.2 Å². The topological polar surface area (TPSA) is 64.6 Å². The van der Waals surface area contributed by atoms with E-state index in [9.17, 15) is 14.9 Å². The molecule has 0 spiro atoms. The van der Waals surface area contributed by atoms with Crippen molar-refractivity contribution in [1.29, 1.82) is 0 Å². The second kappa shape index (κ2) is 8.64. The average molecular weight is 513 g/mol. The van der Waals surface area contributed by atoms with Gasteiger partial charge in [0, 0.05) is 35.1 Å². The maximum Gasteiger partial charge on any atom is 0.269 e. The fourth-order valence-electron chi connectivity index (χ4n) is 5.53. The lowest BCUT2D eigenvalue weighted by molar-refractivity contribution is -0.384.